The second kappa shape index (κ2) is 4.42. The third-order valence-corrected chi connectivity index (χ3v) is 2.02. The highest BCUT2D eigenvalue weighted by atomic mass is 16.5. The monoisotopic (exact) mass is 173 g/mol. The number of aliphatic hydroxyl groups is 1. The standard InChI is InChI=1S/C8H15NO3/c1-2-12-8(11)6-4-3-5-9-7(6)10/h6-7,9-10H,2-5H2,1H3. The topological polar surface area (TPSA) is 58.6 Å². The van der Waals surface area contributed by atoms with Gasteiger partial charge in [-0.15, -0.1) is 0 Å². The van der Waals surface area contributed by atoms with Crippen LogP contribution in [0.2, 0.25) is 0 Å². The minimum Gasteiger partial charge on any atom is -0.466 e. The van der Waals surface area contributed by atoms with Gasteiger partial charge in [0.2, 0.25) is 0 Å². The molecule has 2 N–H and O–H groups in total. The SMILES string of the molecule is CCOC(=O)C1CCCNC1O. The van der Waals surface area contributed by atoms with Crippen molar-refractivity contribution in [2.24, 2.45) is 5.92 Å². The lowest BCUT2D eigenvalue weighted by atomic mass is 9.98. The van der Waals surface area contributed by atoms with Gasteiger partial charge in [0, 0.05) is 0 Å². The molecule has 0 saturated carbocycles. The molecule has 4 heteroatoms. The molecule has 0 aromatic heterocycles. The van der Waals surface area contributed by atoms with E-state index in [1.54, 1.807) is 6.92 Å². The molecule has 70 valence electrons. The molecule has 4 nitrogen and oxygen atoms in total. The summed E-state index contributed by atoms with van der Waals surface area (Å²) in [4.78, 5) is 11.2. The fraction of sp³-hybridized carbons (Fsp3) is 0.875. The predicted molar refractivity (Wildman–Crippen MR) is 43.4 cm³/mol. The van der Waals surface area contributed by atoms with Gasteiger partial charge < -0.3 is 9.84 Å². The molecule has 12 heavy (non-hydrogen) atoms. The fourth-order valence-corrected chi connectivity index (χ4v) is 1.37. The molecule has 0 aliphatic carbocycles. The Morgan fingerprint density at radius 2 is 2.50 bits per heavy atom. The summed E-state index contributed by atoms with van der Waals surface area (Å²) in [6.07, 6.45) is 0.908. The van der Waals surface area contributed by atoms with Gasteiger partial charge in [0.15, 0.2) is 0 Å². The Kier molecular flexibility index (Phi) is 3.49. The second-order valence-corrected chi connectivity index (χ2v) is 2.90. The minimum atomic E-state index is -0.724. The van der Waals surface area contributed by atoms with Crippen LogP contribution in [0.25, 0.3) is 0 Å². The normalized spacial score (nSPS) is 29.8. The van der Waals surface area contributed by atoms with Gasteiger partial charge in [-0.05, 0) is 26.3 Å². The quantitative estimate of drug-likeness (QED) is 0.571. The molecule has 1 heterocycles. The number of rotatable bonds is 2. The third kappa shape index (κ3) is 2.19. The lowest BCUT2D eigenvalue weighted by Crippen LogP contribution is -2.45. The largest absolute Gasteiger partial charge is 0.466 e. The number of aliphatic hydroxyl groups excluding tert-OH is 1. The van der Waals surface area contributed by atoms with Crippen molar-refractivity contribution in [2.45, 2.75) is 26.0 Å². The van der Waals surface area contributed by atoms with Crippen molar-refractivity contribution in [3.63, 3.8) is 0 Å². The maximum atomic E-state index is 11.2. The smallest absolute Gasteiger partial charge is 0.312 e. The van der Waals surface area contributed by atoms with Crippen LogP contribution in [-0.4, -0.2) is 30.5 Å². The van der Waals surface area contributed by atoms with Crippen molar-refractivity contribution in [1.82, 2.24) is 5.32 Å². The van der Waals surface area contributed by atoms with Crippen molar-refractivity contribution in [3.05, 3.63) is 0 Å². The molecular formula is C8H15NO3. The molecule has 0 aromatic carbocycles. The molecular weight excluding hydrogens is 158 g/mol. The summed E-state index contributed by atoms with van der Waals surface area (Å²) in [6.45, 7) is 2.92. The summed E-state index contributed by atoms with van der Waals surface area (Å²) >= 11 is 0. The average molecular weight is 173 g/mol. The Hall–Kier alpha value is -0.610. The number of ether oxygens (including phenoxy) is 1. The van der Waals surface area contributed by atoms with Gasteiger partial charge in [0.1, 0.15) is 6.23 Å². The maximum Gasteiger partial charge on any atom is 0.312 e. The van der Waals surface area contributed by atoms with E-state index in [0.29, 0.717) is 13.0 Å². The van der Waals surface area contributed by atoms with Crippen molar-refractivity contribution in [1.29, 1.82) is 0 Å². The Bertz CT molecular complexity index is 160. The van der Waals surface area contributed by atoms with Crippen LogP contribution < -0.4 is 5.32 Å². The lowest BCUT2D eigenvalue weighted by molar-refractivity contribution is -0.154. The van der Waals surface area contributed by atoms with E-state index in [1.165, 1.54) is 0 Å². The summed E-state index contributed by atoms with van der Waals surface area (Å²) in [7, 11) is 0. The molecule has 0 bridgehead atoms. The number of nitrogens with one attached hydrogen (secondary N) is 1. The van der Waals surface area contributed by atoms with Crippen LogP contribution in [0, 0.1) is 5.92 Å². The van der Waals surface area contributed by atoms with E-state index in [2.05, 4.69) is 5.32 Å². The van der Waals surface area contributed by atoms with Crippen molar-refractivity contribution in [2.75, 3.05) is 13.2 Å². The summed E-state index contributed by atoms with van der Waals surface area (Å²) < 4.78 is 4.81. The van der Waals surface area contributed by atoms with E-state index >= 15 is 0 Å². The first-order chi connectivity index (χ1) is 5.75. The molecule has 0 aromatic rings. The van der Waals surface area contributed by atoms with Gasteiger partial charge >= 0.3 is 5.97 Å². The Morgan fingerprint density at radius 3 is 3.08 bits per heavy atom. The Morgan fingerprint density at radius 1 is 1.75 bits per heavy atom. The van der Waals surface area contributed by atoms with Crippen LogP contribution in [0.15, 0.2) is 0 Å². The zero-order chi connectivity index (χ0) is 8.97. The number of esters is 1. The van der Waals surface area contributed by atoms with Gasteiger partial charge in [-0.2, -0.15) is 0 Å². The van der Waals surface area contributed by atoms with E-state index in [9.17, 15) is 9.90 Å². The summed E-state index contributed by atoms with van der Waals surface area (Å²) in [5.74, 6) is -0.670. The summed E-state index contributed by atoms with van der Waals surface area (Å²) in [5.41, 5.74) is 0. The van der Waals surface area contributed by atoms with Crippen molar-refractivity contribution < 1.29 is 14.6 Å². The van der Waals surface area contributed by atoms with Gasteiger partial charge in [0.25, 0.3) is 0 Å². The molecule has 0 radical (unpaired) electrons. The average Bonchev–Trinajstić information content (AvgIpc) is 2.05. The van der Waals surface area contributed by atoms with Crippen LogP contribution in [0.4, 0.5) is 0 Å². The Balaban J connectivity index is 2.42. The first-order valence-electron chi connectivity index (χ1n) is 4.33. The van der Waals surface area contributed by atoms with Gasteiger partial charge in [0.05, 0.1) is 12.5 Å². The van der Waals surface area contributed by atoms with Crippen LogP contribution in [0.3, 0.4) is 0 Å². The Labute approximate surface area is 71.9 Å². The predicted octanol–water partition coefficient (Wildman–Crippen LogP) is -0.132. The molecule has 1 rings (SSSR count). The molecule has 1 aliphatic rings. The van der Waals surface area contributed by atoms with Gasteiger partial charge in [-0.3, -0.25) is 10.1 Å². The molecule has 0 spiro atoms. The highest BCUT2D eigenvalue weighted by Gasteiger charge is 2.29. The van der Waals surface area contributed by atoms with E-state index in [1.807, 2.05) is 0 Å². The number of hydrogen-bond acceptors (Lipinski definition) is 4. The molecule has 2 atom stereocenters. The molecule has 2 unspecified atom stereocenters. The third-order valence-electron chi connectivity index (χ3n) is 2.02. The van der Waals surface area contributed by atoms with Gasteiger partial charge in [-0.1, -0.05) is 0 Å². The highest BCUT2D eigenvalue weighted by molar-refractivity contribution is 5.73. The number of carbonyl (C=O) groups excluding carboxylic acids is 1. The van der Waals surface area contributed by atoms with Crippen LogP contribution in [0.5, 0.6) is 0 Å². The van der Waals surface area contributed by atoms with E-state index in [-0.39, 0.29) is 11.9 Å². The minimum absolute atomic E-state index is 0.294. The summed E-state index contributed by atoms with van der Waals surface area (Å²) in [6, 6.07) is 0. The van der Waals surface area contributed by atoms with Crippen molar-refractivity contribution in [3.8, 4) is 0 Å². The van der Waals surface area contributed by atoms with Crippen molar-refractivity contribution >= 4 is 5.97 Å². The lowest BCUT2D eigenvalue weighted by Gasteiger charge is -2.26. The first kappa shape index (κ1) is 9.48. The van der Waals surface area contributed by atoms with E-state index in [0.717, 1.165) is 13.0 Å². The molecule has 1 aliphatic heterocycles. The van der Waals surface area contributed by atoms with Crippen LogP contribution >= 0.6 is 0 Å². The molecule has 1 saturated heterocycles. The first-order valence-corrected chi connectivity index (χ1v) is 4.33. The summed E-state index contributed by atoms with van der Waals surface area (Å²) in [5, 5.41) is 12.2. The molecule has 1 fully saturated rings. The van der Waals surface area contributed by atoms with E-state index < -0.39 is 6.23 Å². The zero-order valence-corrected chi connectivity index (χ0v) is 7.25. The fourth-order valence-electron chi connectivity index (χ4n) is 1.37. The van der Waals surface area contributed by atoms with Gasteiger partial charge in [-0.25, -0.2) is 0 Å². The number of piperidine rings is 1. The van der Waals surface area contributed by atoms with Crippen LogP contribution in [-0.2, 0) is 9.53 Å². The maximum absolute atomic E-state index is 11.2. The zero-order valence-electron chi connectivity index (χ0n) is 7.25. The van der Waals surface area contributed by atoms with Crippen LogP contribution in [0.1, 0.15) is 19.8 Å². The number of hydrogen-bond donors (Lipinski definition) is 2. The highest BCUT2D eigenvalue weighted by Crippen LogP contribution is 2.16. The van der Waals surface area contributed by atoms with E-state index in [4.69, 9.17) is 4.74 Å². The number of carbonyl (C=O) groups is 1. The molecule has 0 amide bonds. The second-order valence-electron chi connectivity index (χ2n) is 2.90.